The summed E-state index contributed by atoms with van der Waals surface area (Å²) in [5.41, 5.74) is 4.32. The van der Waals surface area contributed by atoms with Gasteiger partial charge in [-0.3, -0.25) is 34.1 Å². The van der Waals surface area contributed by atoms with Gasteiger partial charge < -0.3 is 10.6 Å². The molecule has 18 nitrogen and oxygen atoms in total. The molecule has 0 saturated carbocycles. The second-order valence-electron chi connectivity index (χ2n) is 11.8. The van der Waals surface area contributed by atoms with Gasteiger partial charge in [0.05, 0.1) is 16.3 Å². The van der Waals surface area contributed by atoms with Gasteiger partial charge in [-0.1, -0.05) is 24.3 Å². The van der Waals surface area contributed by atoms with Crippen LogP contribution in [0.15, 0.2) is 110 Å². The summed E-state index contributed by atoms with van der Waals surface area (Å²) in [4.78, 5) is 37.5. The normalized spacial score (nSPS) is 15.8. The Labute approximate surface area is 312 Å². The summed E-state index contributed by atoms with van der Waals surface area (Å²) in [6.07, 6.45) is 1.95. The Morgan fingerprint density at radius 3 is 1.47 bits per heavy atom. The topological polar surface area (TPSA) is 287 Å². The number of fused-ring (bicyclic) bond motifs is 2. The van der Waals surface area contributed by atoms with Gasteiger partial charge in [0, 0.05) is 22.5 Å². The molecule has 0 aliphatic heterocycles. The molecule has 0 heterocycles. The van der Waals surface area contributed by atoms with Crippen molar-refractivity contribution in [3.8, 4) is 0 Å². The number of hydrogen-bond acceptors (Lipinski definition) is 13. The third kappa shape index (κ3) is 8.41. The van der Waals surface area contributed by atoms with Crippen LogP contribution in [0, 0.1) is 6.92 Å². The number of nitrogens with zero attached hydrogens (tertiary/aromatic N) is 2. The molecule has 0 unspecified atom stereocenters. The molecule has 0 atom stereocenters. The van der Waals surface area contributed by atoms with Gasteiger partial charge in [0.1, 0.15) is 9.81 Å². The minimum atomic E-state index is -5.07. The van der Waals surface area contributed by atoms with E-state index in [0.29, 0.717) is 5.69 Å². The number of rotatable bonds is 9. The molecule has 0 radical (unpaired) electrons. The van der Waals surface area contributed by atoms with Gasteiger partial charge in [0.15, 0.2) is 11.4 Å². The van der Waals surface area contributed by atoms with Crippen molar-refractivity contribution < 1.29 is 53.3 Å². The molecule has 4 aromatic rings. The van der Waals surface area contributed by atoms with E-state index in [0.717, 1.165) is 18.2 Å². The van der Waals surface area contributed by atoms with Crippen LogP contribution in [0.25, 0.3) is 12.2 Å². The molecule has 55 heavy (non-hydrogen) atoms. The number of allylic oxidation sites excluding steroid dienone is 2. The van der Waals surface area contributed by atoms with E-state index in [1.54, 1.807) is 30.3 Å². The first-order valence-corrected chi connectivity index (χ1v) is 19.8. The van der Waals surface area contributed by atoms with Gasteiger partial charge in [0.2, 0.25) is 11.6 Å². The monoisotopic (exact) mass is 806 g/mol. The molecule has 0 bridgehead atoms. The van der Waals surface area contributed by atoms with Crippen LogP contribution in [0.2, 0.25) is 0 Å². The molecule has 2 amide bonds. The van der Waals surface area contributed by atoms with Crippen molar-refractivity contribution in [3.05, 3.63) is 123 Å². The van der Waals surface area contributed by atoms with Crippen LogP contribution in [0.3, 0.4) is 0 Å². The van der Waals surface area contributed by atoms with E-state index in [-0.39, 0.29) is 44.9 Å². The number of carbonyl (C=O) groups is 3. The number of para-hydroxylation sites is 1. The number of urea groups is 1. The van der Waals surface area contributed by atoms with Gasteiger partial charge in [-0.25, -0.2) is 4.79 Å². The van der Waals surface area contributed by atoms with E-state index in [9.17, 15) is 53.3 Å². The molecule has 2 aliphatic carbocycles. The summed E-state index contributed by atoms with van der Waals surface area (Å²) in [6.45, 7) is 1.42. The quantitative estimate of drug-likeness (QED) is 0.0894. The lowest BCUT2D eigenvalue weighted by atomic mass is 9.94. The molecule has 21 heteroatoms. The Balaban J connectivity index is 1.22. The zero-order valence-corrected chi connectivity index (χ0v) is 30.3. The molecule has 282 valence electrons. The van der Waals surface area contributed by atoms with Crippen molar-refractivity contribution >= 4 is 94.3 Å². The number of ketones is 2. The molecule has 0 fully saturated rings. The van der Waals surface area contributed by atoms with Crippen molar-refractivity contribution in [1.29, 1.82) is 0 Å². The lowest BCUT2D eigenvalue weighted by Crippen LogP contribution is -2.27. The first kappa shape index (κ1) is 38.4. The highest BCUT2D eigenvalue weighted by Gasteiger charge is 2.34. The number of Topliss-reactive ketones (excluding diaryl/α,β-unsaturated/α-hetero) is 2. The third-order valence-corrected chi connectivity index (χ3v) is 10.7. The first-order chi connectivity index (χ1) is 25.8. The van der Waals surface area contributed by atoms with Crippen LogP contribution in [0.5, 0.6) is 0 Å². The third-order valence-electron chi connectivity index (χ3n) is 7.97. The fraction of sp³-hybridized carbons (Fsp3) is 0.0294. The number of benzene rings is 4. The molecule has 6 rings (SSSR count). The second kappa shape index (κ2) is 14.5. The van der Waals surface area contributed by atoms with Crippen LogP contribution in [-0.4, -0.2) is 67.9 Å². The highest BCUT2D eigenvalue weighted by atomic mass is 32.2. The molecule has 7 N–H and O–H groups in total. The van der Waals surface area contributed by atoms with Crippen molar-refractivity contribution in [1.82, 2.24) is 0 Å². The Bertz CT molecular complexity index is 2800. The Hall–Kier alpha value is -6.36. The number of hydrogen-bond donors (Lipinski definition) is 7. The minimum absolute atomic E-state index is 0.0209. The van der Waals surface area contributed by atoms with E-state index in [2.05, 4.69) is 31.7 Å². The van der Waals surface area contributed by atoms with Gasteiger partial charge >= 0.3 is 6.03 Å². The first-order valence-electron chi connectivity index (χ1n) is 15.4. The zero-order chi connectivity index (χ0) is 39.9. The Morgan fingerprint density at radius 2 is 1.02 bits per heavy atom. The van der Waals surface area contributed by atoms with Crippen molar-refractivity contribution in [2.75, 3.05) is 21.5 Å². The lowest BCUT2D eigenvalue weighted by Gasteiger charge is -2.18. The van der Waals surface area contributed by atoms with Gasteiger partial charge in [-0.2, -0.15) is 35.5 Å². The van der Waals surface area contributed by atoms with Crippen LogP contribution in [-0.2, 0) is 30.4 Å². The summed E-state index contributed by atoms with van der Waals surface area (Å²) in [7, 11) is -14.6. The Kier molecular flexibility index (Phi) is 10.1. The molecule has 0 aromatic heterocycles. The Morgan fingerprint density at radius 1 is 0.564 bits per heavy atom. The van der Waals surface area contributed by atoms with E-state index < -0.39 is 74.1 Å². The van der Waals surface area contributed by atoms with E-state index in [1.807, 2.05) is 0 Å². The fourth-order valence-electron chi connectivity index (χ4n) is 5.43. The number of anilines is 4. The average molecular weight is 807 g/mol. The number of aryl methyl sites for hydroxylation is 1. The second-order valence-corrected chi connectivity index (χ2v) is 15.9. The summed E-state index contributed by atoms with van der Waals surface area (Å²) in [5, 5.41) is 12.7. The van der Waals surface area contributed by atoms with Crippen molar-refractivity contribution in [2.45, 2.75) is 11.8 Å². The molecule has 0 saturated heterocycles. The molecular weight excluding hydrogens is 781 g/mol. The van der Waals surface area contributed by atoms with Gasteiger partial charge in [-0.05, 0) is 96.4 Å². The summed E-state index contributed by atoms with van der Waals surface area (Å²) >= 11 is 0. The summed E-state index contributed by atoms with van der Waals surface area (Å²) < 4.78 is 102. The number of nitrogens with one attached hydrogen (secondary N) is 4. The number of carbonyl (C=O) groups excluding carboxylic acids is 3. The van der Waals surface area contributed by atoms with Crippen molar-refractivity contribution in [2.24, 2.45) is 10.2 Å². The van der Waals surface area contributed by atoms with E-state index in [1.165, 1.54) is 55.5 Å². The molecule has 2 aliphatic rings. The van der Waals surface area contributed by atoms with Crippen LogP contribution in [0.1, 0.15) is 37.4 Å². The molecular formula is C34H26N6O12S3. The van der Waals surface area contributed by atoms with Crippen LogP contribution >= 0.6 is 0 Å². The van der Waals surface area contributed by atoms with Crippen LogP contribution in [0.4, 0.5) is 27.5 Å². The number of hydrazone groups is 2. The highest BCUT2D eigenvalue weighted by Crippen LogP contribution is 2.30. The van der Waals surface area contributed by atoms with Crippen molar-refractivity contribution in [3.63, 3.8) is 0 Å². The number of amides is 2. The highest BCUT2D eigenvalue weighted by molar-refractivity contribution is 7.91. The van der Waals surface area contributed by atoms with Crippen LogP contribution < -0.4 is 21.5 Å². The summed E-state index contributed by atoms with van der Waals surface area (Å²) in [6, 6.07) is 18.9. The molecule has 4 aromatic carbocycles. The maximum absolute atomic E-state index is 13.4. The van der Waals surface area contributed by atoms with E-state index in [4.69, 9.17) is 0 Å². The van der Waals surface area contributed by atoms with E-state index >= 15 is 0 Å². The van der Waals surface area contributed by atoms with Gasteiger partial charge in [-0.15, -0.1) is 0 Å². The molecule has 0 spiro atoms. The maximum atomic E-state index is 13.4. The standard InChI is InChI=1S/C34H26N6O12S3/c1-18-7-8-24(17-27(18)53(44,45)46)38-40-31-29(55(50,51)52)16-20-14-23(10-12-26(20)33(31)42)36-34(43)35-22-9-11-25-19(13-22)15-28(54(47,48)49)30(32(25)41)39-37-21-5-3-2-4-6-21/h2-17,37-38H,1H3,(H2,35,36,43)(H,44,45,46)(H,47,48,49)(H,50,51,52)/b39-30-,40-31-. The predicted molar refractivity (Wildman–Crippen MR) is 203 cm³/mol. The minimum Gasteiger partial charge on any atom is -0.308 e. The zero-order valence-electron chi connectivity index (χ0n) is 27.9. The SMILES string of the molecule is Cc1ccc(N/N=C2\C(=O)c3ccc(NC(=O)Nc4ccc5c(c4)C=C(S(=O)(=O)O)/C(=N/Nc4ccccc4)C5=O)cc3C=C2S(=O)(=O)O)cc1S(=O)(=O)O. The predicted octanol–water partition coefficient (Wildman–Crippen LogP) is 4.67. The summed E-state index contributed by atoms with van der Waals surface area (Å²) in [5.74, 6) is -1.78. The maximum Gasteiger partial charge on any atom is 0.323 e. The fourth-order valence-corrected chi connectivity index (χ4v) is 7.50. The average Bonchev–Trinajstić information content (AvgIpc) is 3.10. The largest absolute Gasteiger partial charge is 0.323 e. The lowest BCUT2D eigenvalue weighted by molar-refractivity contribution is 0.105. The smallest absolute Gasteiger partial charge is 0.308 e. The van der Waals surface area contributed by atoms with Gasteiger partial charge in [0.25, 0.3) is 30.4 Å².